The van der Waals surface area contributed by atoms with Crippen molar-refractivity contribution in [2.45, 2.75) is 51.9 Å². The molecule has 1 N–H and O–H groups in total. The minimum absolute atomic E-state index is 0.0461. The van der Waals surface area contributed by atoms with Gasteiger partial charge in [0.05, 0.1) is 24.2 Å². The predicted octanol–water partition coefficient (Wildman–Crippen LogP) is 0.657. The van der Waals surface area contributed by atoms with Gasteiger partial charge in [-0.2, -0.15) is 5.10 Å². The number of carboxylic acid groups (broad SMARTS) is 1. The molecule has 0 amide bonds. The standard InChI is InChI=1S/C12H19BN2O4/c1-11(2)12(3,4)19-13(18-11)9-7-14-15(8-9)6-5-10(16)17/h7-8H,5-6H2,1-4H3,(H,16,17). The number of aryl methyl sites for hydroxylation is 1. The first-order valence-corrected chi connectivity index (χ1v) is 6.31. The van der Waals surface area contributed by atoms with Gasteiger partial charge in [-0.25, -0.2) is 0 Å². The van der Waals surface area contributed by atoms with E-state index in [1.54, 1.807) is 17.1 Å². The average molecular weight is 266 g/mol. The lowest BCUT2D eigenvalue weighted by Gasteiger charge is -2.32. The molecule has 0 unspecified atom stereocenters. The van der Waals surface area contributed by atoms with Crippen molar-refractivity contribution in [1.29, 1.82) is 0 Å². The molecule has 1 aromatic heterocycles. The highest BCUT2D eigenvalue weighted by atomic mass is 16.7. The summed E-state index contributed by atoms with van der Waals surface area (Å²) in [5.74, 6) is -0.840. The van der Waals surface area contributed by atoms with E-state index in [4.69, 9.17) is 14.4 Å². The maximum Gasteiger partial charge on any atom is 0.498 e. The molecule has 0 spiro atoms. The largest absolute Gasteiger partial charge is 0.498 e. The first-order chi connectivity index (χ1) is 8.71. The van der Waals surface area contributed by atoms with Crippen LogP contribution >= 0.6 is 0 Å². The van der Waals surface area contributed by atoms with Crippen LogP contribution in [0, 0.1) is 0 Å². The smallest absolute Gasteiger partial charge is 0.481 e. The zero-order valence-corrected chi connectivity index (χ0v) is 11.7. The van der Waals surface area contributed by atoms with E-state index in [1.165, 1.54) is 0 Å². The molecule has 1 fully saturated rings. The fourth-order valence-electron chi connectivity index (χ4n) is 1.81. The molecule has 0 radical (unpaired) electrons. The van der Waals surface area contributed by atoms with Crippen LogP contribution in [-0.2, 0) is 20.6 Å². The number of hydrogen-bond donors (Lipinski definition) is 1. The molecule has 0 atom stereocenters. The molecule has 0 saturated carbocycles. The summed E-state index contributed by atoms with van der Waals surface area (Å²) in [6.45, 7) is 8.29. The van der Waals surface area contributed by atoms with Crippen LogP contribution in [-0.4, -0.2) is 39.2 Å². The number of nitrogens with zero attached hydrogens (tertiary/aromatic N) is 2. The van der Waals surface area contributed by atoms with Gasteiger partial charge in [-0.15, -0.1) is 0 Å². The van der Waals surface area contributed by atoms with Crippen molar-refractivity contribution in [1.82, 2.24) is 9.78 Å². The van der Waals surface area contributed by atoms with Gasteiger partial charge in [0, 0.05) is 17.9 Å². The van der Waals surface area contributed by atoms with Crippen molar-refractivity contribution in [3.8, 4) is 0 Å². The van der Waals surface area contributed by atoms with Gasteiger partial charge in [0.2, 0.25) is 0 Å². The fourth-order valence-corrected chi connectivity index (χ4v) is 1.81. The van der Waals surface area contributed by atoms with Crippen molar-refractivity contribution >= 4 is 18.6 Å². The molecule has 6 nitrogen and oxygen atoms in total. The summed E-state index contributed by atoms with van der Waals surface area (Å²) >= 11 is 0. The Labute approximate surface area is 112 Å². The Morgan fingerprint density at radius 1 is 1.37 bits per heavy atom. The molecule has 104 valence electrons. The van der Waals surface area contributed by atoms with E-state index >= 15 is 0 Å². The van der Waals surface area contributed by atoms with E-state index < -0.39 is 13.1 Å². The summed E-state index contributed by atoms with van der Waals surface area (Å²) in [5.41, 5.74) is 0.0332. The third-order valence-corrected chi connectivity index (χ3v) is 3.73. The number of hydrogen-bond acceptors (Lipinski definition) is 4. The van der Waals surface area contributed by atoms with E-state index in [-0.39, 0.29) is 17.6 Å². The van der Waals surface area contributed by atoms with E-state index in [9.17, 15) is 4.79 Å². The van der Waals surface area contributed by atoms with Gasteiger partial charge in [-0.1, -0.05) is 0 Å². The normalized spacial score (nSPS) is 20.7. The Morgan fingerprint density at radius 2 is 1.95 bits per heavy atom. The summed E-state index contributed by atoms with van der Waals surface area (Å²) in [7, 11) is -0.455. The second kappa shape index (κ2) is 4.65. The highest BCUT2D eigenvalue weighted by Gasteiger charge is 2.52. The molecular weight excluding hydrogens is 247 g/mol. The second-order valence-corrected chi connectivity index (χ2v) is 5.77. The fraction of sp³-hybridized carbons (Fsp3) is 0.667. The third-order valence-electron chi connectivity index (χ3n) is 3.73. The van der Waals surface area contributed by atoms with Crippen LogP contribution in [0.2, 0.25) is 0 Å². The van der Waals surface area contributed by atoms with Crippen LogP contribution in [0.25, 0.3) is 0 Å². The van der Waals surface area contributed by atoms with E-state index in [2.05, 4.69) is 5.10 Å². The van der Waals surface area contributed by atoms with Crippen molar-refractivity contribution in [3.05, 3.63) is 12.4 Å². The van der Waals surface area contributed by atoms with E-state index in [0.29, 0.717) is 6.54 Å². The molecule has 19 heavy (non-hydrogen) atoms. The molecule has 1 aliphatic heterocycles. The van der Waals surface area contributed by atoms with E-state index in [1.807, 2.05) is 27.7 Å². The minimum Gasteiger partial charge on any atom is -0.481 e. The SMILES string of the molecule is CC1(C)OB(c2cnn(CCC(=O)O)c2)OC1(C)C. The lowest BCUT2D eigenvalue weighted by molar-refractivity contribution is -0.137. The Balaban J connectivity index is 2.06. The summed E-state index contributed by atoms with van der Waals surface area (Å²) in [6, 6.07) is 0. The molecule has 1 aliphatic rings. The van der Waals surface area contributed by atoms with Gasteiger partial charge in [-0.05, 0) is 27.7 Å². The lowest BCUT2D eigenvalue weighted by atomic mass is 9.82. The number of carbonyl (C=O) groups is 1. The maximum absolute atomic E-state index is 10.5. The molecule has 2 heterocycles. The highest BCUT2D eigenvalue weighted by molar-refractivity contribution is 6.61. The third kappa shape index (κ3) is 2.82. The number of aliphatic carboxylic acids is 1. The van der Waals surface area contributed by atoms with Crippen molar-refractivity contribution < 1.29 is 19.2 Å². The van der Waals surface area contributed by atoms with Crippen LogP contribution < -0.4 is 5.46 Å². The topological polar surface area (TPSA) is 73.6 Å². The monoisotopic (exact) mass is 266 g/mol. The summed E-state index contributed by atoms with van der Waals surface area (Å²) < 4.78 is 13.4. The zero-order valence-electron chi connectivity index (χ0n) is 11.7. The number of aromatic nitrogens is 2. The first kappa shape index (κ1) is 14.1. The van der Waals surface area contributed by atoms with Gasteiger partial charge < -0.3 is 14.4 Å². The van der Waals surface area contributed by atoms with Gasteiger partial charge in [0.25, 0.3) is 0 Å². The van der Waals surface area contributed by atoms with Crippen LogP contribution in [0.3, 0.4) is 0 Å². The Hall–Kier alpha value is -1.34. The van der Waals surface area contributed by atoms with Crippen molar-refractivity contribution in [2.75, 3.05) is 0 Å². The summed E-state index contributed by atoms with van der Waals surface area (Å²) in [4.78, 5) is 10.5. The van der Waals surface area contributed by atoms with Crippen LogP contribution in [0.1, 0.15) is 34.1 Å². The zero-order chi connectivity index (χ0) is 14.3. The predicted molar refractivity (Wildman–Crippen MR) is 70.2 cm³/mol. The molecule has 7 heteroatoms. The van der Waals surface area contributed by atoms with Gasteiger partial charge in [0.1, 0.15) is 0 Å². The molecule has 0 aromatic carbocycles. The molecule has 1 saturated heterocycles. The highest BCUT2D eigenvalue weighted by Crippen LogP contribution is 2.36. The van der Waals surface area contributed by atoms with Crippen molar-refractivity contribution in [3.63, 3.8) is 0 Å². The summed E-state index contributed by atoms with van der Waals surface area (Å²) in [6.07, 6.45) is 3.47. The molecular formula is C12H19BN2O4. The van der Waals surface area contributed by atoms with Crippen molar-refractivity contribution in [2.24, 2.45) is 0 Å². The summed E-state index contributed by atoms with van der Waals surface area (Å²) in [5, 5.41) is 12.8. The quantitative estimate of drug-likeness (QED) is 0.810. The number of carboxylic acids is 1. The Kier molecular flexibility index (Phi) is 3.44. The van der Waals surface area contributed by atoms with Gasteiger partial charge >= 0.3 is 13.1 Å². The molecule has 1 aromatic rings. The Morgan fingerprint density at radius 3 is 2.47 bits per heavy atom. The minimum atomic E-state index is -0.840. The van der Waals surface area contributed by atoms with Gasteiger partial charge in [0.15, 0.2) is 0 Å². The van der Waals surface area contributed by atoms with Crippen LogP contribution in [0.5, 0.6) is 0 Å². The Bertz CT molecular complexity index is 468. The second-order valence-electron chi connectivity index (χ2n) is 5.77. The lowest BCUT2D eigenvalue weighted by Crippen LogP contribution is -2.41. The van der Waals surface area contributed by atoms with E-state index in [0.717, 1.165) is 5.46 Å². The van der Waals surface area contributed by atoms with Crippen LogP contribution in [0.15, 0.2) is 12.4 Å². The molecule has 2 rings (SSSR count). The van der Waals surface area contributed by atoms with Crippen LogP contribution in [0.4, 0.5) is 0 Å². The first-order valence-electron chi connectivity index (χ1n) is 6.31. The average Bonchev–Trinajstić information content (AvgIpc) is 2.79. The number of rotatable bonds is 4. The molecule has 0 bridgehead atoms. The maximum atomic E-state index is 10.5. The molecule has 0 aliphatic carbocycles. The van der Waals surface area contributed by atoms with Gasteiger partial charge in [-0.3, -0.25) is 9.48 Å².